The fourth-order valence-corrected chi connectivity index (χ4v) is 4.16. The highest BCUT2D eigenvalue weighted by Gasteiger charge is 2.43. The Morgan fingerprint density at radius 2 is 1.79 bits per heavy atom. The van der Waals surface area contributed by atoms with Crippen LogP contribution in [0.15, 0.2) is 48.5 Å². The summed E-state index contributed by atoms with van der Waals surface area (Å²) in [5.41, 5.74) is -0.244. The SMILES string of the molecule is CCOC(=O)c1ccccc1NC1(C(=O)OC)CCN(CCc2cccc(C(F)(F)F)c2)CC1. The molecule has 0 unspecified atom stereocenters. The molecule has 0 spiro atoms. The van der Waals surface area contributed by atoms with Gasteiger partial charge in [-0.1, -0.05) is 30.3 Å². The number of hydrogen-bond donors (Lipinski definition) is 1. The average Bonchev–Trinajstić information content (AvgIpc) is 2.83. The molecule has 1 fully saturated rings. The minimum absolute atomic E-state index is 0.232. The molecule has 0 radical (unpaired) electrons. The minimum atomic E-state index is -4.37. The second kappa shape index (κ2) is 10.9. The van der Waals surface area contributed by atoms with Gasteiger partial charge in [-0.05, 0) is 49.9 Å². The van der Waals surface area contributed by atoms with Gasteiger partial charge in [-0.3, -0.25) is 0 Å². The van der Waals surface area contributed by atoms with E-state index in [0.717, 1.165) is 6.07 Å². The van der Waals surface area contributed by atoms with E-state index in [1.165, 1.54) is 19.2 Å². The van der Waals surface area contributed by atoms with Gasteiger partial charge in [0.25, 0.3) is 0 Å². The Bertz CT molecular complexity index is 1000. The zero-order valence-electron chi connectivity index (χ0n) is 19.3. The topological polar surface area (TPSA) is 67.9 Å². The molecule has 1 aliphatic heterocycles. The number of rotatable bonds is 8. The van der Waals surface area contributed by atoms with Gasteiger partial charge in [-0.15, -0.1) is 0 Å². The summed E-state index contributed by atoms with van der Waals surface area (Å²) in [6.45, 7) is 3.61. The Labute approximate surface area is 197 Å². The Balaban J connectivity index is 1.68. The fourth-order valence-electron chi connectivity index (χ4n) is 4.16. The van der Waals surface area contributed by atoms with E-state index in [2.05, 4.69) is 10.2 Å². The molecule has 1 heterocycles. The monoisotopic (exact) mass is 478 g/mol. The first-order chi connectivity index (χ1) is 16.2. The molecule has 0 atom stereocenters. The van der Waals surface area contributed by atoms with Crippen LogP contribution in [0.1, 0.15) is 41.3 Å². The number of benzene rings is 2. The molecule has 3 rings (SSSR count). The third kappa shape index (κ3) is 6.08. The zero-order valence-corrected chi connectivity index (χ0v) is 19.3. The number of hydrogen-bond acceptors (Lipinski definition) is 6. The van der Waals surface area contributed by atoms with Gasteiger partial charge in [-0.2, -0.15) is 13.2 Å². The number of likely N-dealkylation sites (tertiary alicyclic amines) is 1. The molecule has 0 saturated carbocycles. The van der Waals surface area contributed by atoms with E-state index in [4.69, 9.17) is 9.47 Å². The van der Waals surface area contributed by atoms with Crippen LogP contribution in [0.3, 0.4) is 0 Å². The van der Waals surface area contributed by atoms with Crippen LogP contribution in [0.4, 0.5) is 18.9 Å². The quantitative estimate of drug-likeness (QED) is 0.562. The average molecular weight is 479 g/mol. The van der Waals surface area contributed by atoms with Crippen molar-refractivity contribution in [2.45, 2.75) is 37.9 Å². The normalized spacial score (nSPS) is 16.0. The van der Waals surface area contributed by atoms with Crippen molar-refractivity contribution >= 4 is 17.6 Å². The number of piperidine rings is 1. The van der Waals surface area contributed by atoms with Crippen LogP contribution in [-0.2, 0) is 26.9 Å². The van der Waals surface area contributed by atoms with Crippen molar-refractivity contribution in [1.82, 2.24) is 4.90 Å². The highest BCUT2D eigenvalue weighted by Crippen LogP contribution is 2.32. The maximum Gasteiger partial charge on any atom is 0.416 e. The molecule has 2 aromatic carbocycles. The lowest BCUT2D eigenvalue weighted by Crippen LogP contribution is -2.55. The first-order valence-electron chi connectivity index (χ1n) is 11.2. The summed E-state index contributed by atoms with van der Waals surface area (Å²) in [5, 5.41) is 3.24. The molecule has 6 nitrogen and oxygen atoms in total. The first kappa shape index (κ1) is 25.6. The summed E-state index contributed by atoms with van der Waals surface area (Å²) >= 11 is 0. The van der Waals surface area contributed by atoms with Crippen molar-refractivity contribution in [2.75, 3.05) is 38.7 Å². The van der Waals surface area contributed by atoms with E-state index in [0.29, 0.717) is 55.7 Å². The molecule has 1 aliphatic rings. The van der Waals surface area contributed by atoms with Gasteiger partial charge in [0.2, 0.25) is 0 Å². The van der Waals surface area contributed by atoms with Crippen LogP contribution in [0.25, 0.3) is 0 Å². The van der Waals surface area contributed by atoms with Gasteiger partial charge in [-0.25, -0.2) is 9.59 Å². The number of para-hydroxylation sites is 1. The molecule has 1 N–H and O–H groups in total. The Morgan fingerprint density at radius 3 is 2.44 bits per heavy atom. The standard InChI is InChI=1S/C25H29F3N2O4/c1-3-34-22(31)20-9-4-5-10-21(20)29-24(23(32)33-2)12-15-30(16-13-24)14-11-18-7-6-8-19(17-18)25(26,27)28/h4-10,17,29H,3,11-16H2,1-2H3. The van der Waals surface area contributed by atoms with E-state index in [1.807, 2.05) is 0 Å². The molecular weight excluding hydrogens is 449 g/mol. The molecule has 0 amide bonds. The number of halogens is 3. The molecule has 0 aliphatic carbocycles. The predicted molar refractivity (Wildman–Crippen MR) is 122 cm³/mol. The van der Waals surface area contributed by atoms with Gasteiger partial charge in [0, 0.05) is 25.3 Å². The lowest BCUT2D eigenvalue weighted by molar-refractivity contribution is -0.147. The number of alkyl halides is 3. The Morgan fingerprint density at radius 1 is 1.09 bits per heavy atom. The molecular formula is C25H29F3N2O4. The molecule has 0 aromatic heterocycles. The first-order valence-corrected chi connectivity index (χ1v) is 11.2. The van der Waals surface area contributed by atoms with E-state index < -0.39 is 29.2 Å². The van der Waals surface area contributed by atoms with Gasteiger partial charge in [0.15, 0.2) is 0 Å². The van der Waals surface area contributed by atoms with Crippen molar-refractivity contribution in [1.29, 1.82) is 0 Å². The zero-order chi connectivity index (χ0) is 24.8. The number of carbonyl (C=O) groups excluding carboxylic acids is 2. The third-order valence-corrected chi connectivity index (χ3v) is 6.05. The highest BCUT2D eigenvalue weighted by molar-refractivity contribution is 5.97. The fraction of sp³-hybridized carbons (Fsp3) is 0.440. The lowest BCUT2D eigenvalue weighted by Gasteiger charge is -2.41. The second-order valence-electron chi connectivity index (χ2n) is 8.25. The van der Waals surface area contributed by atoms with Gasteiger partial charge < -0.3 is 19.7 Å². The van der Waals surface area contributed by atoms with Crippen LogP contribution < -0.4 is 5.32 Å². The summed E-state index contributed by atoms with van der Waals surface area (Å²) in [6, 6.07) is 12.2. The second-order valence-corrected chi connectivity index (χ2v) is 8.25. The number of esters is 2. The lowest BCUT2D eigenvalue weighted by atomic mass is 9.86. The maximum atomic E-state index is 13.0. The Hall–Kier alpha value is -3.07. The number of methoxy groups -OCH3 is 1. The third-order valence-electron chi connectivity index (χ3n) is 6.05. The van der Waals surface area contributed by atoms with E-state index in [9.17, 15) is 22.8 Å². The van der Waals surface area contributed by atoms with Gasteiger partial charge in [0.1, 0.15) is 5.54 Å². The maximum absolute atomic E-state index is 13.0. The molecule has 2 aromatic rings. The van der Waals surface area contributed by atoms with Crippen LogP contribution in [0.5, 0.6) is 0 Å². The summed E-state index contributed by atoms with van der Waals surface area (Å²) in [6.07, 6.45) is -3.07. The number of anilines is 1. The summed E-state index contributed by atoms with van der Waals surface area (Å²) in [5.74, 6) is -0.909. The van der Waals surface area contributed by atoms with Gasteiger partial charge >= 0.3 is 18.1 Å². The molecule has 34 heavy (non-hydrogen) atoms. The molecule has 184 valence electrons. The van der Waals surface area contributed by atoms with E-state index in [-0.39, 0.29) is 6.61 Å². The Kier molecular flexibility index (Phi) is 8.19. The van der Waals surface area contributed by atoms with Gasteiger partial charge in [0.05, 0.1) is 24.8 Å². The summed E-state index contributed by atoms with van der Waals surface area (Å²) < 4.78 is 49.1. The van der Waals surface area contributed by atoms with Crippen molar-refractivity contribution in [3.8, 4) is 0 Å². The van der Waals surface area contributed by atoms with Crippen molar-refractivity contribution in [3.05, 3.63) is 65.2 Å². The molecule has 9 heteroatoms. The number of nitrogens with one attached hydrogen (secondary N) is 1. The summed E-state index contributed by atoms with van der Waals surface area (Å²) in [4.78, 5) is 27.3. The highest BCUT2D eigenvalue weighted by atomic mass is 19.4. The number of nitrogens with zero attached hydrogens (tertiary/aromatic N) is 1. The predicted octanol–water partition coefficient (Wildman–Crippen LogP) is 4.54. The van der Waals surface area contributed by atoms with Crippen LogP contribution in [0.2, 0.25) is 0 Å². The smallest absolute Gasteiger partial charge is 0.416 e. The van der Waals surface area contributed by atoms with Crippen molar-refractivity contribution in [2.24, 2.45) is 0 Å². The molecule has 1 saturated heterocycles. The molecule has 0 bridgehead atoms. The van der Waals surface area contributed by atoms with Crippen molar-refractivity contribution in [3.63, 3.8) is 0 Å². The van der Waals surface area contributed by atoms with Crippen LogP contribution >= 0.6 is 0 Å². The summed E-state index contributed by atoms with van der Waals surface area (Å²) in [7, 11) is 1.32. The van der Waals surface area contributed by atoms with Crippen molar-refractivity contribution < 1.29 is 32.2 Å². The van der Waals surface area contributed by atoms with Crippen LogP contribution in [-0.4, -0.2) is 55.7 Å². The number of ether oxygens (including phenoxy) is 2. The number of carbonyl (C=O) groups is 2. The van der Waals surface area contributed by atoms with E-state index >= 15 is 0 Å². The largest absolute Gasteiger partial charge is 0.467 e. The van der Waals surface area contributed by atoms with E-state index in [1.54, 1.807) is 37.3 Å². The van der Waals surface area contributed by atoms with Crippen LogP contribution in [0, 0.1) is 0 Å². The minimum Gasteiger partial charge on any atom is -0.467 e.